The molecule has 3 heterocycles. The van der Waals surface area contributed by atoms with Crippen LogP contribution in [0.15, 0.2) is 35.6 Å². The second-order valence-corrected chi connectivity index (χ2v) is 9.52. The summed E-state index contributed by atoms with van der Waals surface area (Å²) in [5.41, 5.74) is 1.12. The molecule has 1 aromatic carbocycles. The summed E-state index contributed by atoms with van der Waals surface area (Å²) >= 11 is 0.800. The number of aromatic nitrogens is 4. The largest absolute Gasteiger partial charge is 0.290 e. The lowest BCUT2D eigenvalue weighted by Gasteiger charge is -2.35. The van der Waals surface area contributed by atoms with E-state index in [2.05, 4.69) is 24.1 Å². The van der Waals surface area contributed by atoms with Gasteiger partial charge in [-0.3, -0.25) is 14.3 Å². The standard InChI is InChI=1S/C18H20F2N6O2S2/c1-25-15(5-6-22-25)16-4-2-3-7-26(16)10-12-8-14(20)17(9-13(12)19)30(27,28)24-18-21-11-23-29-18/h5-6,8-9,11,16H,2-4,7,10H2,1H3,(H,21,23,24)/t16-/m1/s1. The fraction of sp³-hybridized carbons (Fsp3) is 0.389. The summed E-state index contributed by atoms with van der Waals surface area (Å²) in [4.78, 5) is 5.01. The third-order valence-electron chi connectivity index (χ3n) is 5.16. The SMILES string of the molecule is Cn1nccc1[C@H]1CCCCN1Cc1cc(F)c(S(=O)(=O)Nc2ncns2)cc1F. The molecule has 1 fully saturated rings. The average molecular weight is 455 g/mol. The zero-order chi connectivity index (χ0) is 21.3. The van der Waals surface area contributed by atoms with E-state index in [9.17, 15) is 17.2 Å². The molecule has 8 nitrogen and oxygen atoms in total. The smallest absolute Gasteiger partial charge is 0.266 e. The number of likely N-dealkylation sites (tertiary alicyclic amines) is 1. The lowest BCUT2D eigenvalue weighted by atomic mass is 9.98. The second-order valence-electron chi connectivity index (χ2n) is 7.09. The molecule has 1 aliphatic heterocycles. The number of aryl methyl sites for hydroxylation is 1. The number of piperidine rings is 1. The first-order valence-corrected chi connectivity index (χ1v) is 11.6. The normalized spacial score (nSPS) is 17.9. The van der Waals surface area contributed by atoms with Crippen molar-refractivity contribution in [1.29, 1.82) is 0 Å². The average Bonchev–Trinajstić information content (AvgIpc) is 3.36. The maximum atomic E-state index is 14.8. The molecule has 160 valence electrons. The molecular formula is C18H20F2N6O2S2. The van der Waals surface area contributed by atoms with Crippen LogP contribution < -0.4 is 4.72 Å². The van der Waals surface area contributed by atoms with Crippen molar-refractivity contribution in [3.63, 3.8) is 0 Å². The predicted octanol–water partition coefficient (Wildman–Crippen LogP) is 3.08. The number of halogens is 2. The molecule has 1 saturated heterocycles. The first kappa shape index (κ1) is 20.8. The Bertz CT molecular complexity index is 1130. The Kier molecular flexibility index (Phi) is 5.80. The molecule has 3 aromatic rings. The van der Waals surface area contributed by atoms with Gasteiger partial charge in [-0.2, -0.15) is 9.47 Å². The Balaban J connectivity index is 1.59. The van der Waals surface area contributed by atoms with Gasteiger partial charge in [0.2, 0.25) is 5.13 Å². The van der Waals surface area contributed by atoms with Crippen molar-refractivity contribution in [2.45, 2.75) is 36.7 Å². The van der Waals surface area contributed by atoms with Crippen LogP contribution in [0.1, 0.15) is 36.6 Å². The zero-order valence-electron chi connectivity index (χ0n) is 16.1. The van der Waals surface area contributed by atoms with E-state index in [0.717, 1.165) is 55.2 Å². The van der Waals surface area contributed by atoms with E-state index in [4.69, 9.17) is 0 Å². The number of benzene rings is 1. The summed E-state index contributed by atoms with van der Waals surface area (Å²) in [7, 11) is -2.47. The fourth-order valence-electron chi connectivity index (χ4n) is 3.73. The summed E-state index contributed by atoms with van der Waals surface area (Å²) < 4.78 is 61.9. The number of rotatable bonds is 6. The van der Waals surface area contributed by atoms with Gasteiger partial charge in [0.05, 0.1) is 11.7 Å². The van der Waals surface area contributed by atoms with Crippen molar-refractivity contribution < 1.29 is 17.2 Å². The lowest BCUT2D eigenvalue weighted by Crippen LogP contribution is -2.34. The van der Waals surface area contributed by atoms with E-state index in [1.54, 1.807) is 10.9 Å². The minimum Gasteiger partial charge on any atom is -0.290 e. The van der Waals surface area contributed by atoms with Gasteiger partial charge in [-0.05, 0) is 37.6 Å². The van der Waals surface area contributed by atoms with Crippen molar-refractivity contribution in [2.24, 2.45) is 7.05 Å². The van der Waals surface area contributed by atoms with E-state index in [0.29, 0.717) is 0 Å². The zero-order valence-corrected chi connectivity index (χ0v) is 17.8. The summed E-state index contributed by atoms with van der Waals surface area (Å²) in [6, 6.07) is 3.64. The molecule has 1 aliphatic rings. The van der Waals surface area contributed by atoms with Gasteiger partial charge in [0.15, 0.2) is 0 Å². The van der Waals surface area contributed by atoms with E-state index >= 15 is 0 Å². The fourth-order valence-corrected chi connectivity index (χ4v) is 5.46. The lowest BCUT2D eigenvalue weighted by molar-refractivity contribution is 0.132. The first-order chi connectivity index (χ1) is 14.3. The Morgan fingerprint density at radius 1 is 1.27 bits per heavy atom. The van der Waals surface area contributed by atoms with E-state index in [1.165, 1.54) is 6.33 Å². The third kappa shape index (κ3) is 4.20. The highest BCUT2D eigenvalue weighted by atomic mass is 32.2. The van der Waals surface area contributed by atoms with E-state index < -0.39 is 26.6 Å². The number of nitrogens with one attached hydrogen (secondary N) is 1. The van der Waals surface area contributed by atoms with Crippen LogP contribution in [0.2, 0.25) is 0 Å². The predicted molar refractivity (Wildman–Crippen MR) is 107 cm³/mol. The summed E-state index contributed by atoms with van der Waals surface area (Å²) in [6.07, 6.45) is 5.77. The van der Waals surface area contributed by atoms with Crippen molar-refractivity contribution in [3.05, 3.63) is 53.6 Å². The molecule has 0 spiro atoms. The highest BCUT2D eigenvalue weighted by Gasteiger charge is 2.28. The van der Waals surface area contributed by atoms with Crippen molar-refractivity contribution in [3.8, 4) is 0 Å². The van der Waals surface area contributed by atoms with E-state index in [1.807, 2.05) is 13.1 Å². The Hall–Kier alpha value is -2.44. The number of anilines is 1. The molecular weight excluding hydrogens is 434 g/mol. The van der Waals surface area contributed by atoms with Gasteiger partial charge in [-0.1, -0.05) is 6.42 Å². The molecule has 0 unspecified atom stereocenters. The van der Waals surface area contributed by atoms with Gasteiger partial charge in [-0.15, -0.1) is 0 Å². The highest BCUT2D eigenvalue weighted by molar-refractivity contribution is 7.93. The van der Waals surface area contributed by atoms with Crippen LogP contribution in [0.3, 0.4) is 0 Å². The van der Waals surface area contributed by atoms with Gasteiger partial charge in [-0.25, -0.2) is 22.2 Å². The minimum absolute atomic E-state index is 0.0220. The number of hydrogen-bond donors (Lipinski definition) is 1. The van der Waals surface area contributed by atoms with Gasteiger partial charge in [0, 0.05) is 36.9 Å². The molecule has 2 aromatic heterocycles. The van der Waals surface area contributed by atoms with Gasteiger partial charge >= 0.3 is 0 Å². The topological polar surface area (TPSA) is 93.0 Å². The van der Waals surface area contributed by atoms with Gasteiger partial charge in [0.1, 0.15) is 22.9 Å². The number of nitrogens with zero attached hydrogens (tertiary/aromatic N) is 5. The van der Waals surface area contributed by atoms with Crippen LogP contribution in [0.4, 0.5) is 13.9 Å². The van der Waals surface area contributed by atoms with Crippen molar-refractivity contribution >= 4 is 26.7 Å². The number of hydrogen-bond acceptors (Lipinski definition) is 7. The third-order valence-corrected chi connectivity index (χ3v) is 7.22. The summed E-state index contributed by atoms with van der Waals surface area (Å²) in [6.45, 7) is 0.901. The molecule has 1 atom stereocenters. The van der Waals surface area contributed by atoms with Crippen LogP contribution in [0.25, 0.3) is 0 Å². The molecule has 0 saturated carbocycles. The molecule has 0 aliphatic carbocycles. The van der Waals surface area contributed by atoms with Crippen molar-refractivity contribution in [1.82, 2.24) is 24.0 Å². The Morgan fingerprint density at radius 2 is 2.10 bits per heavy atom. The number of sulfonamides is 1. The van der Waals surface area contributed by atoms with Crippen LogP contribution in [-0.2, 0) is 23.6 Å². The minimum atomic E-state index is -4.32. The van der Waals surface area contributed by atoms with Crippen LogP contribution in [0, 0.1) is 11.6 Å². The van der Waals surface area contributed by atoms with Crippen LogP contribution in [0.5, 0.6) is 0 Å². The Labute approximate surface area is 176 Å². The molecule has 12 heteroatoms. The first-order valence-electron chi connectivity index (χ1n) is 9.34. The molecule has 0 bridgehead atoms. The Morgan fingerprint density at radius 3 is 2.80 bits per heavy atom. The maximum absolute atomic E-state index is 14.8. The van der Waals surface area contributed by atoms with Crippen LogP contribution >= 0.6 is 11.5 Å². The monoisotopic (exact) mass is 454 g/mol. The molecule has 0 amide bonds. The van der Waals surface area contributed by atoms with E-state index in [-0.39, 0.29) is 23.3 Å². The van der Waals surface area contributed by atoms with Gasteiger partial charge < -0.3 is 0 Å². The van der Waals surface area contributed by atoms with Crippen LogP contribution in [-0.4, -0.2) is 39.0 Å². The molecule has 1 N–H and O–H groups in total. The van der Waals surface area contributed by atoms with Gasteiger partial charge in [0.25, 0.3) is 10.0 Å². The molecule has 4 rings (SSSR count). The molecule has 30 heavy (non-hydrogen) atoms. The maximum Gasteiger partial charge on any atom is 0.266 e. The van der Waals surface area contributed by atoms with Crippen molar-refractivity contribution in [2.75, 3.05) is 11.3 Å². The quantitative estimate of drug-likeness (QED) is 0.615. The second kappa shape index (κ2) is 8.36. The summed E-state index contributed by atoms with van der Waals surface area (Å²) in [5, 5.41) is 4.19. The molecule has 0 radical (unpaired) electrons. The summed E-state index contributed by atoms with van der Waals surface area (Å²) in [5.74, 6) is -1.79. The highest BCUT2D eigenvalue weighted by Crippen LogP contribution is 2.33.